The van der Waals surface area contributed by atoms with Gasteiger partial charge < -0.3 is 10.3 Å². The summed E-state index contributed by atoms with van der Waals surface area (Å²) in [4.78, 5) is 18.4. The van der Waals surface area contributed by atoms with Gasteiger partial charge in [0.25, 0.3) is 5.91 Å². The lowest BCUT2D eigenvalue weighted by Gasteiger charge is -2.41. The summed E-state index contributed by atoms with van der Waals surface area (Å²) in [6, 6.07) is 6.49. The number of nitrogens with zero attached hydrogens (tertiary/aromatic N) is 1. The number of alkyl halides is 3. The second-order valence-electron chi connectivity index (χ2n) is 8.24. The fourth-order valence-corrected chi connectivity index (χ4v) is 10.2. The molecule has 9 heteroatoms. The minimum atomic E-state index is -4.88. The Hall–Kier alpha value is -1.90. The molecule has 0 unspecified atom stereocenters. The zero-order valence-corrected chi connectivity index (χ0v) is 16.5. The smallest absolute Gasteiger partial charge is 0.349 e. The van der Waals surface area contributed by atoms with E-state index >= 15 is 0 Å². The van der Waals surface area contributed by atoms with Crippen molar-refractivity contribution >= 4 is 24.9 Å². The second-order valence-corrected chi connectivity index (χ2v) is 13.2. The first-order valence-electron chi connectivity index (χ1n) is 9.83. The first-order valence-corrected chi connectivity index (χ1v) is 12.7. The maximum absolute atomic E-state index is 14.2. The van der Waals surface area contributed by atoms with Crippen LogP contribution in [0, 0.1) is 5.82 Å². The predicted molar refractivity (Wildman–Crippen MR) is 100 cm³/mol. The molecular formula is C19H23F4N3OSi. The van der Waals surface area contributed by atoms with Crippen molar-refractivity contribution in [2.45, 2.75) is 68.5 Å². The van der Waals surface area contributed by atoms with E-state index in [1.807, 2.05) is 0 Å². The molecule has 2 aliphatic rings. The van der Waals surface area contributed by atoms with Gasteiger partial charge >= 0.3 is 6.18 Å². The Bertz CT molecular complexity index is 879. The summed E-state index contributed by atoms with van der Waals surface area (Å²) in [5.74, 6) is -1.86. The van der Waals surface area contributed by atoms with Crippen LogP contribution in [-0.4, -0.2) is 30.0 Å². The van der Waals surface area contributed by atoms with Crippen LogP contribution in [0.25, 0.3) is 10.9 Å². The average Bonchev–Trinajstić information content (AvgIpc) is 3.09. The predicted octanol–water partition coefficient (Wildman–Crippen LogP) is 5.25. The van der Waals surface area contributed by atoms with Crippen molar-refractivity contribution in [1.82, 2.24) is 15.3 Å². The summed E-state index contributed by atoms with van der Waals surface area (Å²) in [5, 5.41) is 2.70. The molecular weight excluding hydrogens is 390 g/mol. The van der Waals surface area contributed by atoms with E-state index in [9.17, 15) is 22.4 Å². The molecule has 0 bridgehead atoms. The minimum absolute atomic E-state index is 0.0604. The summed E-state index contributed by atoms with van der Waals surface area (Å²) in [5.41, 5.74) is -1.43. The molecule has 2 aliphatic heterocycles. The van der Waals surface area contributed by atoms with Gasteiger partial charge in [0.2, 0.25) is 0 Å². The number of carbonyl (C=O) groups excluding carboxylic acids is 1. The quantitative estimate of drug-likeness (QED) is 0.522. The lowest BCUT2D eigenvalue weighted by molar-refractivity contribution is -0.143. The fraction of sp³-hybridized carbons (Fsp3) is 0.579. The number of fused-ring (bicyclic) bond motifs is 1. The highest BCUT2D eigenvalue weighted by Crippen LogP contribution is 2.41. The highest BCUT2D eigenvalue weighted by atomic mass is 28.3. The minimum Gasteiger partial charge on any atom is -0.349 e. The Labute approximate surface area is 161 Å². The molecule has 0 radical (unpaired) electrons. The van der Waals surface area contributed by atoms with Crippen LogP contribution in [0.5, 0.6) is 0 Å². The molecule has 0 aromatic carbocycles. The second kappa shape index (κ2) is 7.17. The Morgan fingerprint density at radius 2 is 1.82 bits per heavy atom. The van der Waals surface area contributed by atoms with E-state index in [1.165, 1.54) is 43.4 Å². The molecule has 2 aromatic heterocycles. The van der Waals surface area contributed by atoms with E-state index in [4.69, 9.17) is 0 Å². The molecule has 28 heavy (non-hydrogen) atoms. The molecule has 0 aliphatic carbocycles. The van der Waals surface area contributed by atoms with Crippen molar-refractivity contribution in [2.75, 3.05) is 0 Å². The van der Waals surface area contributed by atoms with Gasteiger partial charge in [-0.05, 0) is 18.9 Å². The number of halogens is 4. The van der Waals surface area contributed by atoms with Crippen molar-refractivity contribution in [3.05, 3.63) is 29.5 Å². The summed E-state index contributed by atoms with van der Waals surface area (Å²) < 4.78 is 52.6. The monoisotopic (exact) mass is 413 g/mol. The van der Waals surface area contributed by atoms with E-state index < -0.39 is 31.7 Å². The lowest BCUT2D eigenvalue weighted by atomic mass is 10.1. The van der Waals surface area contributed by atoms with Crippen LogP contribution in [-0.2, 0) is 6.18 Å². The molecule has 0 atom stereocenters. The maximum atomic E-state index is 14.2. The molecule has 2 fully saturated rings. The first kappa shape index (κ1) is 19.4. The van der Waals surface area contributed by atoms with Gasteiger partial charge in [-0.2, -0.15) is 13.2 Å². The largest absolute Gasteiger partial charge is 0.436 e. The number of aromatic amines is 1. The number of nitrogens with one attached hydrogen (secondary N) is 2. The van der Waals surface area contributed by atoms with Crippen LogP contribution in [0.3, 0.4) is 0 Å². The van der Waals surface area contributed by atoms with E-state index in [0.29, 0.717) is 0 Å². The van der Waals surface area contributed by atoms with Gasteiger partial charge in [-0.25, -0.2) is 9.37 Å². The Morgan fingerprint density at radius 1 is 1.14 bits per heavy atom. The summed E-state index contributed by atoms with van der Waals surface area (Å²) >= 11 is 0. The fourth-order valence-electron chi connectivity index (χ4n) is 4.83. The van der Waals surface area contributed by atoms with E-state index in [-0.39, 0.29) is 22.6 Å². The van der Waals surface area contributed by atoms with E-state index in [1.54, 1.807) is 0 Å². The molecule has 2 saturated heterocycles. The van der Waals surface area contributed by atoms with Crippen molar-refractivity contribution < 1.29 is 22.4 Å². The van der Waals surface area contributed by atoms with Crippen LogP contribution in [0.2, 0.25) is 24.2 Å². The van der Waals surface area contributed by atoms with E-state index in [0.717, 1.165) is 25.1 Å². The number of rotatable bonds is 2. The molecule has 2 N–H and O–H groups in total. The number of H-pyrrole nitrogens is 1. The number of amides is 1. The molecule has 0 saturated carbocycles. The zero-order valence-electron chi connectivity index (χ0n) is 15.5. The first-order chi connectivity index (χ1) is 13.3. The Balaban J connectivity index is 1.45. The molecule has 1 amide bonds. The molecule has 152 valence electrons. The topological polar surface area (TPSA) is 57.8 Å². The summed E-state index contributed by atoms with van der Waals surface area (Å²) in [6.07, 6.45) is 2.00. The average molecular weight is 413 g/mol. The number of hydrogen-bond donors (Lipinski definition) is 2. The zero-order chi connectivity index (χ0) is 19.9. The maximum Gasteiger partial charge on any atom is 0.436 e. The normalized spacial score (nSPS) is 20.6. The summed E-state index contributed by atoms with van der Waals surface area (Å²) in [7, 11) is -1.12. The van der Waals surface area contributed by atoms with Crippen molar-refractivity contribution in [3.8, 4) is 0 Å². The van der Waals surface area contributed by atoms with Gasteiger partial charge in [-0.1, -0.05) is 43.4 Å². The lowest BCUT2D eigenvalue weighted by Crippen LogP contribution is -2.46. The Kier molecular flexibility index (Phi) is 4.97. The van der Waals surface area contributed by atoms with Crippen molar-refractivity contribution in [2.24, 2.45) is 0 Å². The van der Waals surface area contributed by atoms with Crippen LogP contribution >= 0.6 is 0 Å². The van der Waals surface area contributed by atoms with Crippen LogP contribution in [0.1, 0.15) is 48.3 Å². The van der Waals surface area contributed by atoms with Gasteiger partial charge in [0.05, 0.1) is 19.8 Å². The van der Waals surface area contributed by atoms with Gasteiger partial charge in [0.1, 0.15) is 5.69 Å². The van der Waals surface area contributed by atoms with Crippen LogP contribution in [0.4, 0.5) is 17.6 Å². The van der Waals surface area contributed by atoms with Gasteiger partial charge in [-0.3, -0.25) is 4.79 Å². The third-order valence-corrected chi connectivity index (χ3v) is 12.0. The highest BCUT2D eigenvalue weighted by molar-refractivity contribution is 6.80. The van der Waals surface area contributed by atoms with Gasteiger partial charge in [-0.15, -0.1) is 0 Å². The molecule has 1 spiro atoms. The van der Waals surface area contributed by atoms with E-state index in [2.05, 4.69) is 15.3 Å². The molecule has 4 heterocycles. The van der Waals surface area contributed by atoms with Gasteiger partial charge in [0.15, 0.2) is 11.5 Å². The molecule has 2 aromatic rings. The van der Waals surface area contributed by atoms with Crippen molar-refractivity contribution in [1.29, 1.82) is 0 Å². The SMILES string of the molecule is O=C(NC1CC[Si]2(CCCCC2)CC1)c1cc2c(F)c(C(F)(F)F)ncc2[nH]1. The number of carbonyl (C=O) groups is 1. The van der Waals surface area contributed by atoms with Gasteiger partial charge in [0, 0.05) is 11.4 Å². The van der Waals surface area contributed by atoms with Crippen LogP contribution in [0.15, 0.2) is 12.3 Å². The number of hydrogen-bond acceptors (Lipinski definition) is 2. The third-order valence-electron chi connectivity index (χ3n) is 6.42. The molecule has 4 nitrogen and oxygen atoms in total. The summed E-state index contributed by atoms with van der Waals surface area (Å²) in [6.45, 7) is 0. The number of pyridine rings is 1. The van der Waals surface area contributed by atoms with Crippen LogP contribution < -0.4 is 5.32 Å². The van der Waals surface area contributed by atoms with Crippen molar-refractivity contribution in [3.63, 3.8) is 0 Å². The number of aromatic nitrogens is 2. The highest BCUT2D eigenvalue weighted by Gasteiger charge is 2.39. The standard InChI is InChI=1S/C19H23F4N3OSi/c20-16-13-10-14(26-15(13)11-24-17(16)19(21,22)23)18(27)25-12-4-8-28(9-5-12)6-2-1-3-7-28/h10-12,26H,1-9H2,(H,25,27). The Morgan fingerprint density at radius 3 is 2.46 bits per heavy atom. The third kappa shape index (κ3) is 3.68. The molecule has 4 rings (SSSR count).